The maximum Gasteiger partial charge on any atom is 0.411 e. The number of ether oxygens (including phenoxy) is 1. The molecule has 7 nitrogen and oxygen atoms in total. The Morgan fingerprint density at radius 2 is 2.05 bits per heavy atom. The third-order valence-corrected chi connectivity index (χ3v) is 3.44. The molecule has 11 heteroatoms. The molecule has 0 aliphatic heterocycles. The summed E-state index contributed by atoms with van der Waals surface area (Å²) in [5.74, 6) is 5.35. The number of aromatic nitrogens is 1. The minimum absolute atomic E-state index is 0.132. The number of pyridine rings is 1. The van der Waals surface area contributed by atoms with Crippen molar-refractivity contribution in [2.75, 3.05) is 25.2 Å². The highest BCUT2D eigenvalue weighted by molar-refractivity contribution is 7.89. The highest BCUT2D eigenvalue weighted by Crippen LogP contribution is 2.14. The summed E-state index contributed by atoms with van der Waals surface area (Å²) in [7, 11) is -3.84. The molecule has 0 aliphatic carbocycles. The molecule has 20 heavy (non-hydrogen) atoms. The zero-order chi connectivity index (χ0) is 15.2. The van der Waals surface area contributed by atoms with Crippen LogP contribution in [-0.2, 0) is 14.8 Å². The molecule has 0 atom stereocenters. The Kier molecular flexibility index (Phi) is 5.68. The molecular formula is C9H13F3N4O3S. The largest absolute Gasteiger partial charge is 0.411 e. The molecule has 114 valence electrons. The molecule has 0 bridgehead atoms. The van der Waals surface area contributed by atoms with Crippen LogP contribution in [0.25, 0.3) is 0 Å². The van der Waals surface area contributed by atoms with Gasteiger partial charge in [0, 0.05) is 12.7 Å². The highest BCUT2D eigenvalue weighted by atomic mass is 32.2. The monoisotopic (exact) mass is 314 g/mol. The first-order chi connectivity index (χ1) is 9.24. The predicted molar refractivity (Wildman–Crippen MR) is 64.1 cm³/mol. The number of hydrogen-bond acceptors (Lipinski definition) is 6. The molecule has 0 aliphatic rings. The van der Waals surface area contributed by atoms with Crippen molar-refractivity contribution >= 4 is 15.8 Å². The van der Waals surface area contributed by atoms with Crippen LogP contribution in [0.3, 0.4) is 0 Å². The summed E-state index contributed by atoms with van der Waals surface area (Å²) < 4.78 is 65.1. The maximum atomic E-state index is 11.8. The van der Waals surface area contributed by atoms with Crippen LogP contribution < -0.4 is 16.0 Å². The molecule has 0 aromatic carbocycles. The van der Waals surface area contributed by atoms with E-state index >= 15 is 0 Å². The van der Waals surface area contributed by atoms with Crippen LogP contribution in [0.4, 0.5) is 19.0 Å². The Bertz CT molecular complexity index is 518. The fourth-order valence-corrected chi connectivity index (χ4v) is 2.10. The summed E-state index contributed by atoms with van der Waals surface area (Å²) in [5.41, 5.74) is 2.23. The van der Waals surface area contributed by atoms with Crippen molar-refractivity contribution in [2.45, 2.75) is 11.1 Å². The number of nitrogen functional groups attached to an aromatic ring is 1. The molecule has 0 amide bonds. The van der Waals surface area contributed by atoms with Crippen LogP contribution in [0.15, 0.2) is 23.2 Å². The first-order valence-electron chi connectivity index (χ1n) is 5.31. The van der Waals surface area contributed by atoms with E-state index in [2.05, 4.69) is 19.9 Å². The number of halogens is 3. The van der Waals surface area contributed by atoms with E-state index in [0.29, 0.717) is 0 Å². The van der Waals surface area contributed by atoms with E-state index in [4.69, 9.17) is 5.84 Å². The number of hydrogen-bond donors (Lipinski definition) is 3. The van der Waals surface area contributed by atoms with Crippen molar-refractivity contribution in [1.29, 1.82) is 0 Å². The topological polar surface area (TPSA) is 106 Å². The number of nitrogens with one attached hydrogen (secondary N) is 2. The molecule has 1 rings (SSSR count). The first kappa shape index (κ1) is 16.6. The van der Waals surface area contributed by atoms with Gasteiger partial charge in [-0.15, -0.1) is 0 Å². The molecule has 0 radical (unpaired) electrons. The lowest BCUT2D eigenvalue weighted by Crippen LogP contribution is -2.29. The van der Waals surface area contributed by atoms with E-state index in [1.54, 1.807) is 0 Å². The van der Waals surface area contributed by atoms with E-state index < -0.39 is 29.4 Å². The molecule has 0 saturated heterocycles. The van der Waals surface area contributed by atoms with Gasteiger partial charge in [-0.05, 0) is 12.1 Å². The maximum absolute atomic E-state index is 11.8. The van der Waals surface area contributed by atoms with Gasteiger partial charge in [0.2, 0.25) is 10.0 Å². The van der Waals surface area contributed by atoms with Crippen molar-refractivity contribution < 1.29 is 26.3 Å². The lowest BCUT2D eigenvalue weighted by molar-refractivity contribution is -0.173. The number of alkyl halides is 3. The number of nitrogens with two attached hydrogens (primary N) is 1. The van der Waals surface area contributed by atoms with Gasteiger partial charge in [-0.2, -0.15) is 13.2 Å². The number of hydrazine groups is 1. The second-order valence-corrected chi connectivity index (χ2v) is 5.36. The molecular weight excluding hydrogens is 301 g/mol. The van der Waals surface area contributed by atoms with Crippen LogP contribution in [0.5, 0.6) is 0 Å². The third kappa shape index (κ3) is 5.69. The van der Waals surface area contributed by atoms with Gasteiger partial charge in [0.25, 0.3) is 0 Å². The van der Waals surface area contributed by atoms with Gasteiger partial charge in [-0.1, -0.05) is 0 Å². The molecule has 0 fully saturated rings. The fraction of sp³-hybridized carbons (Fsp3) is 0.444. The van der Waals surface area contributed by atoms with E-state index in [1.165, 1.54) is 12.1 Å². The lowest BCUT2D eigenvalue weighted by Gasteiger charge is -2.09. The molecule has 1 aromatic rings. The standard InChI is InChI=1S/C9H13F3N4O3S/c10-9(11,12)6-19-4-3-15-20(17,18)7-1-2-8(16-13)14-5-7/h1-2,5,15H,3-4,6,13H2,(H,14,16). The molecule has 1 heterocycles. The summed E-state index contributed by atoms with van der Waals surface area (Å²) >= 11 is 0. The van der Waals surface area contributed by atoms with Gasteiger partial charge in [-0.25, -0.2) is 24.0 Å². The molecule has 0 saturated carbocycles. The number of nitrogens with zero attached hydrogens (tertiary/aromatic N) is 1. The van der Waals surface area contributed by atoms with Crippen molar-refractivity contribution in [3.05, 3.63) is 18.3 Å². The molecule has 0 spiro atoms. The van der Waals surface area contributed by atoms with Gasteiger partial charge in [0.15, 0.2) is 0 Å². The lowest BCUT2D eigenvalue weighted by atomic mass is 10.5. The Balaban J connectivity index is 2.45. The number of anilines is 1. The van der Waals surface area contributed by atoms with Gasteiger partial charge < -0.3 is 10.2 Å². The van der Waals surface area contributed by atoms with E-state index in [1.807, 2.05) is 0 Å². The van der Waals surface area contributed by atoms with Gasteiger partial charge >= 0.3 is 6.18 Å². The summed E-state index contributed by atoms with van der Waals surface area (Å²) in [6, 6.07) is 2.59. The van der Waals surface area contributed by atoms with E-state index in [9.17, 15) is 21.6 Å². The second-order valence-electron chi connectivity index (χ2n) is 3.59. The van der Waals surface area contributed by atoms with Gasteiger partial charge in [0.1, 0.15) is 17.3 Å². The van der Waals surface area contributed by atoms with Crippen LogP contribution in [0.2, 0.25) is 0 Å². The zero-order valence-corrected chi connectivity index (χ0v) is 11.0. The summed E-state index contributed by atoms with van der Waals surface area (Å²) in [6.45, 7) is -2.10. The summed E-state index contributed by atoms with van der Waals surface area (Å²) in [4.78, 5) is 3.57. The number of sulfonamides is 1. The first-order valence-corrected chi connectivity index (χ1v) is 6.80. The summed E-state index contributed by atoms with van der Waals surface area (Å²) in [5, 5.41) is 0. The van der Waals surface area contributed by atoms with Crippen molar-refractivity contribution in [1.82, 2.24) is 9.71 Å². The quantitative estimate of drug-likeness (QED) is 0.378. The SMILES string of the molecule is NNc1ccc(S(=O)(=O)NCCOCC(F)(F)F)cn1. The fourth-order valence-electron chi connectivity index (χ4n) is 1.14. The average molecular weight is 314 g/mol. The minimum Gasteiger partial charge on any atom is -0.371 e. The van der Waals surface area contributed by atoms with Crippen molar-refractivity contribution in [3.8, 4) is 0 Å². The Morgan fingerprint density at radius 3 is 2.55 bits per heavy atom. The summed E-state index contributed by atoms with van der Waals surface area (Å²) in [6.07, 6.45) is -3.37. The van der Waals surface area contributed by atoms with Gasteiger partial charge in [-0.3, -0.25) is 0 Å². The Hall–Kier alpha value is -1.43. The molecule has 0 unspecified atom stereocenters. The van der Waals surface area contributed by atoms with E-state index in [0.717, 1.165) is 6.20 Å². The molecule has 4 N–H and O–H groups in total. The Morgan fingerprint density at radius 1 is 1.35 bits per heavy atom. The van der Waals surface area contributed by atoms with Crippen LogP contribution in [0, 0.1) is 0 Å². The van der Waals surface area contributed by atoms with Crippen molar-refractivity contribution in [2.24, 2.45) is 5.84 Å². The third-order valence-electron chi connectivity index (χ3n) is 2.00. The highest BCUT2D eigenvalue weighted by Gasteiger charge is 2.27. The zero-order valence-electron chi connectivity index (χ0n) is 10.1. The second kappa shape index (κ2) is 6.83. The van der Waals surface area contributed by atoms with Crippen LogP contribution in [-0.4, -0.2) is 39.3 Å². The normalized spacial score (nSPS) is 12.4. The van der Waals surface area contributed by atoms with E-state index in [-0.39, 0.29) is 17.3 Å². The molecule has 1 aromatic heterocycles. The predicted octanol–water partition coefficient (Wildman–Crippen LogP) is 0.224. The van der Waals surface area contributed by atoms with Gasteiger partial charge in [0.05, 0.1) is 6.61 Å². The Labute approximate surface area is 113 Å². The van der Waals surface area contributed by atoms with Crippen LogP contribution >= 0.6 is 0 Å². The number of rotatable bonds is 7. The van der Waals surface area contributed by atoms with Crippen LogP contribution in [0.1, 0.15) is 0 Å². The van der Waals surface area contributed by atoms with Crippen molar-refractivity contribution in [3.63, 3.8) is 0 Å². The minimum atomic E-state index is -4.44. The smallest absolute Gasteiger partial charge is 0.371 e. The average Bonchev–Trinajstić information content (AvgIpc) is 2.37.